The van der Waals surface area contributed by atoms with Crippen molar-refractivity contribution in [2.24, 2.45) is 0 Å². The van der Waals surface area contributed by atoms with Crippen LogP contribution in [-0.4, -0.2) is 9.38 Å². The number of aromatic nitrogens is 2. The fourth-order valence-electron chi connectivity index (χ4n) is 7.61. The molecule has 4 heterocycles. The molecule has 11 aromatic rings. The molecule has 0 bridgehead atoms. The van der Waals surface area contributed by atoms with Crippen LogP contribution in [0.5, 0.6) is 0 Å². The Balaban J connectivity index is 1.21. The predicted molar refractivity (Wildman–Crippen MR) is 204 cm³/mol. The standard InChI is InChI=1S/C43H24N2S2/c1-3-10-29-25(8-1)21-23-38-39(29)34-24-36(45-35-22-20-26-9-2-4-11-30(26)40(35)44-43(45)42(34)47-38)28-18-16-27(17-19-28)31-13-7-14-33-32-12-5-6-15-37(32)46-41(31)33/h1-24H. The third kappa shape index (κ3) is 3.57. The largest absolute Gasteiger partial charge is 0.291 e. The van der Waals surface area contributed by atoms with Crippen molar-refractivity contribution in [1.29, 1.82) is 0 Å². The number of fused-ring (bicyclic) bond motifs is 14. The highest BCUT2D eigenvalue weighted by Crippen LogP contribution is 2.45. The van der Waals surface area contributed by atoms with E-state index in [1.54, 1.807) is 0 Å². The van der Waals surface area contributed by atoms with Crippen LogP contribution >= 0.6 is 22.7 Å². The molecule has 47 heavy (non-hydrogen) atoms. The summed E-state index contributed by atoms with van der Waals surface area (Å²) in [6, 6.07) is 53.3. The first-order chi connectivity index (χ1) is 23.3. The minimum atomic E-state index is 1.02. The minimum Gasteiger partial charge on any atom is -0.291 e. The van der Waals surface area contributed by atoms with Crippen LogP contribution in [0.1, 0.15) is 0 Å². The number of imidazole rings is 1. The Morgan fingerprint density at radius 3 is 2.02 bits per heavy atom. The smallest absolute Gasteiger partial charge is 0.156 e. The van der Waals surface area contributed by atoms with Gasteiger partial charge in [-0.15, -0.1) is 22.7 Å². The molecule has 0 amide bonds. The van der Waals surface area contributed by atoms with Gasteiger partial charge >= 0.3 is 0 Å². The van der Waals surface area contributed by atoms with Crippen molar-refractivity contribution in [3.8, 4) is 22.4 Å². The van der Waals surface area contributed by atoms with Crippen LogP contribution in [0.2, 0.25) is 0 Å². The summed E-state index contributed by atoms with van der Waals surface area (Å²) in [6.45, 7) is 0. The van der Waals surface area contributed by atoms with Gasteiger partial charge in [-0.2, -0.15) is 0 Å². The monoisotopic (exact) mass is 632 g/mol. The van der Waals surface area contributed by atoms with Gasteiger partial charge in [-0.3, -0.25) is 4.40 Å². The van der Waals surface area contributed by atoms with Crippen molar-refractivity contribution in [2.75, 3.05) is 0 Å². The fourth-order valence-corrected chi connectivity index (χ4v) is 10.0. The van der Waals surface area contributed by atoms with Gasteiger partial charge in [0, 0.05) is 41.0 Å². The molecule has 0 aliphatic rings. The molecule has 11 rings (SSSR count). The van der Waals surface area contributed by atoms with Crippen LogP contribution in [0.15, 0.2) is 146 Å². The van der Waals surface area contributed by atoms with Crippen LogP contribution < -0.4 is 0 Å². The number of hydrogen-bond donors (Lipinski definition) is 0. The zero-order chi connectivity index (χ0) is 30.6. The Labute approximate surface area is 277 Å². The summed E-state index contributed by atoms with van der Waals surface area (Å²) >= 11 is 3.73. The van der Waals surface area contributed by atoms with E-state index in [1.807, 2.05) is 22.7 Å². The summed E-state index contributed by atoms with van der Waals surface area (Å²) in [6.07, 6.45) is 0. The van der Waals surface area contributed by atoms with E-state index in [-0.39, 0.29) is 0 Å². The number of hydrogen-bond acceptors (Lipinski definition) is 3. The highest BCUT2D eigenvalue weighted by Gasteiger charge is 2.20. The molecule has 0 saturated heterocycles. The lowest BCUT2D eigenvalue weighted by Gasteiger charge is -2.11. The quantitative estimate of drug-likeness (QED) is 0.185. The Morgan fingerprint density at radius 2 is 1.15 bits per heavy atom. The molecule has 2 nitrogen and oxygen atoms in total. The van der Waals surface area contributed by atoms with Gasteiger partial charge in [-0.25, -0.2) is 4.98 Å². The third-order valence-corrected chi connectivity index (χ3v) is 12.2. The molecule has 0 aliphatic heterocycles. The SMILES string of the molecule is c1ccc2c(c1)ccc1c2nc2c3sc4ccc5ccccc5c4c3cc(-c3ccc(-c4cccc5c4sc4ccccc45)cc3)n12. The fraction of sp³-hybridized carbons (Fsp3) is 0. The molecule has 0 saturated carbocycles. The Kier molecular flexibility index (Phi) is 5.17. The van der Waals surface area contributed by atoms with Gasteiger partial charge in [0.1, 0.15) is 0 Å². The molecule has 218 valence electrons. The van der Waals surface area contributed by atoms with Crippen LogP contribution in [-0.2, 0) is 0 Å². The highest BCUT2D eigenvalue weighted by atomic mass is 32.1. The molecule has 0 unspecified atom stereocenters. The van der Waals surface area contributed by atoms with E-state index < -0.39 is 0 Å². The van der Waals surface area contributed by atoms with Crippen molar-refractivity contribution in [3.05, 3.63) is 146 Å². The Hall–Kier alpha value is -5.55. The van der Waals surface area contributed by atoms with Gasteiger partial charge in [0.15, 0.2) is 5.65 Å². The lowest BCUT2D eigenvalue weighted by molar-refractivity contribution is 1.25. The first-order valence-electron chi connectivity index (χ1n) is 15.9. The maximum atomic E-state index is 5.43. The first-order valence-corrected chi connectivity index (χ1v) is 17.5. The molecule has 0 atom stereocenters. The van der Waals surface area contributed by atoms with E-state index in [4.69, 9.17) is 4.98 Å². The summed E-state index contributed by atoms with van der Waals surface area (Å²) in [5.41, 5.74) is 8.06. The zero-order valence-corrected chi connectivity index (χ0v) is 26.7. The van der Waals surface area contributed by atoms with Crippen molar-refractivity contribution in [1.82, 2.24) is 9.38 Å². The lowest BCUT2D eigenvalue weighted by atomic mass is 9.99. The molecule has 0 fully saturated rings. The third-order valence-electron chi connectivity index (χ3n) is 9.79. The number of rotatable bonds is 2. The molecule has 4 aromatic heterocycles. The highest BCUT2D eigenvalue weighted by molar-refractivity contribution is 7.27. The number of nitrogens with zero attached hydrogens (tertiary/aromatic N) is 2. The first kappa shape index (κ1) is 25.6. The summed E-state index contributed by atoms with van der Waals surface area (Å²) in [4.78, 5) is 5.43. The number of pyridine rings is 1. The van der Waals surface area contributed by atoms with Gasteiger partial charge in [0.25, 0.3) is 0 Å². The van der Waals surface area contributed by atoms with Crippen molar-refractivity contribution in [2.45, 2.75) is 0 Å². The second kappa shape index (κ2) is 9.49. The van der Waals surface area contributed by atoms with E-state index in [0.29, 0.717) is 0 Å². The molecule has 0 radical (unpaired) electrons. The second-order valence-electron chi connectivity index (χ2n) is 12.3. The van der Waals surface area contributed by atoms with Gasteiger partial charge in [-0.1, -0.05) is 121 Å². The molecular formula is C43H24N2S2. The molecule has 0 N–H and O–H groups in total. The van der Waals surface area contributed by atoms with Gasteiger partial charge < -0.3 is 0 Å². The zero-order valence-electron chi connectivity index (χ0n) is 25.1. The van der Waals surface area contributed by atoms with E-state index >= 15 is 0 Å². The van der Waals surface area contributed by atoms with Crippen LogP contribution in [0.25, 0.3) is 101 Å². The summed E-state index contributed by atoms with van der Waals surface area (Å²) in [5.74, 6) is 0. The lowest BCUT2D eigenvalue weighted by Crippen LogP contribution is -1.93. The topological polar surface area (TPSA) is 17.3 Å². The minimum absolute atomic E-state index is 1.02. The summed E-state index contributed by atoms with van der Waals surface area (Å²) < 4.78 is 7.59. The molecule has 7 aromatic carbocycles. The van der Waals surface area contributed by atoms with Gasteiger partial charge in [0.05, 0.1) is 21.4 Å². The maximum Gasteiger partial charge on any atom is 0.156 e. The molecular weight excluding hydrogens is 609 g/mol. The van der Waals surface area contributed by atoms with Gasteiger partial charge in [-0.05, 0) is 57.1 Å². The van der Waals surface area contributed by atoms with Crippen molar-refractivity contribution < 1.29 is 0 Å². The van der Waals surface area contributed by atoms with Gasteiger partial charge in [0.2, 0.25) is 0 Å². The van der Waals surface area contributed by atoms with Crippen molar-refractivity contribution >= 4 is 101 Å². The molecule has 0 aliphatic carbocycles. The number of benzene rings is 7. The second-order valence-corrected chi connectivity index (χ2v) is 14.4. The normalized spacial score (nSPS) is 12.3. The van der Waals surface area contributed by atoms with E-state index in [1.165, 1.54) is 78.6 Å². The Bertz CT molecular complexity index is 3070. The summed E-state index contributed by atoms with van der Waals surface area (Å²) in [7, 11) is 0. The average molecular weight is 633 g/mol. The number of thiophene rings is 2. The van der Waals surface area contributed by atoms with Crippen LogP contribution in [0.4, 0.5) is 0 Å². The average Bonchev–Trinajstić information content (AvgIpc) is 3.83. The maximum absolute atomic E-state index is 5.43. The predicted octanol–water partition coefficient (Wildman–Crippen LogP) is 12.9. The van der Waals surface area contributed by atoms with Crippen LogP contribution in [0, 0.1) is 0 Å². The van der Waals surface area contributed by atoms with Crippen molar-refractivity contribution in [3.63, 3.8) is 0 Å². The van der Waals surface area contributed by atoms with E-state index in [0.717, 1.165) is 22.4 Å². The van der Waals surface area contributed by atoms with Crippen LogP contribution in [0.3, 0.4) is 0 Å². The Morgan fingerprint density at radius 1 is 0.468 bits per heavy atom. The molecule has 4 heteroatoms. The van der Waals surface area contributed by atoms with E-state index in [9.17, 15) is 0 Å². The molecule has 0 spiro atoms. The summed E-state index contributed by atoms with van der Waals surface area (Å²) in [5, 5.41) is 10.2. The van der Waals surface area contributed by atoms with E-state index in [2.05, 4.69) is 150 Å².